The molecule has 0 heterocycles. The highest BCUT2D eigenvalue weighted by Gasteiger charge is 2.71. The van der Waals surface area contributed by atoms with Gasteiger partial charge in [-0.15, -0.1) is 0 Å². The fourth-order valence-corrected chi connectivity index (χ4v) is 11.2. The third-order valence-corrected chi connectivity index (χ3v) is 14.0. The molecule has 236 valence electrons. The first-order valence-corrected chi connectivity index (χ1v) is 19.2. The van der Waals surface area contributed by atoms with E-state index in [-0.39, 0.29) is 0 Å². The molecule has 0 N–H and O–H groups in total. The molecule has 0 aliphatic heterocycles. The van der Waals surface area contributed by atoms with Gasteiger partial charge in [0.15, 0.2) is 5.78 Å². The number of carbonyl (C=O) groups is 1. The largest absolute Gasteiger partial charge is 0.298 e. The van der Waals surface area contributed by atoms with Crippen LogP contribution in [0, 0.1) is 46.3 Å². The lowest BCUT2D eigenvalue weighted by atomic mass is 9.41. The number of Topliss-reactive ketones (excluding diaryl/α,β-unsaturated/α-hetero) is 1. The van der Waals surface area contributed by atoms with Crippen LogP contribution in [0.1, 0.15) is 187 Å². The van der Waals surface area contributed by atoms with Gasteiger partial charge >= 0.3 is 0 Å². The van der Waals surface area contributed by atoms with Crippen molar-refractivity contribution >= 4 is 5.78 Å². The molecule has 41 heavy (non-hydrogen) atoms. The van der Waals surface area contributed by atoms with E-state index >= 15 is 4.39 Å². The molecule has 0 amide bonds. The van der Waals surface area contributed by atoms with Gasteiger partial charge in [-0.05, 0) is 113 Å². The lowest BCUT2D eigenvalue weighted by Crippen LogP contribution is -2.69. The molecule has 5 fully saturated rings. The number of carbonyl (C=O) groups excluding carboxylic acids is 1. The van der Waals surface area contributed by atoms with Gasteiger partial charge in [-0.1, -0.05) is 110 Å². The van der Waals surface area contributed by atoms with Gasteiger partial charge in [-0.3, -0.25) is 4.79 Å². The summed E-state index contributed by atoms with van der Waals surface area (Å²) in [6.45, 7) is 4.61. The van der Waals surface area contributed by atoms with E-state index in [1.807, 2.05) is 0 Å². The van der Waals surface area contributed by atoms with Gasteiger partial charge in [0.25, 0.3) is 0 Å². The minimum atomic E-state index is -0.841. The molecule has 0 aromatic heterocycles. The summed E-state index contributed by atoms with van der Waals surface area (Å²) in [5, 5.41) is 0. The van der Waals surface area contributed by atoms with Crippen LogP contribution in [0.4, 0.5) is 4.39 Å². The summed E-state index contributed by atoms with van der Waals surface area (Å²) in [6, 6.07) is 0. The van der Waals surface area contributed by atoms with Crippen LogP contribution >= 0.6 is 0 Å². The zero-order valence-corrected chi connectivity index (χ0v) is 27.4. The average molecular weight is 571 g/mol. The van der Waals surface area contributed by atoms with Crippen molar-refractivity contribution in [2.45, 2.75) is 193 Å². The first kappa shape index (κ1) is 32.0. The number of ketones is 1. The Morgan fingerprint density at radius 3 is 1.29 bits per heavy atom. The van der Waals surface area contributed by atoms with E-state index < -0.39 is 17.0 Å². The van der Waals surface area contributed by atoms with Gasteiger partial charge in [0.05, 0.1) is 10.8 Å². The number of unbranched alkanes of at least 4 members (excludes halogenated alkanes) is 7. The quantitative estimate of drug-likeness (QED) is 0.201. The predicted octanol–water partition coefficient (Wildman–Crippen LogP) is 12.2. The van der Waals surface area contributed by atoms with Crippen LogP contribution in [-0.4, -0.2) is 12.0 Å². The van der Waals surface area contributed by atoms with Crippen LogP contribution in [0.5, 0.6) is 0 Å². The molecule has 5 aliphatic carbocycles. The normalized spacial score (nSPS) is 41.5. The number of hydrogen-bond donors (Lipinski definition) is 0. The van der Waals surface area contributed by atoms with Gasteiger partial charge in [0, 0.05) is 0 Å². The van der Waals surface area contributed by atoms with Crippen molar-refractivity contribution in [3.8, 4) is 0 Å². The molecular weight excluding hydrogens is 503 g/mol. The Labute approximate surface area is 254 Å². The SMILES string of the molecule is CCCCCCCCCC1CCC(C2CCC3(CC2)C(=O)C2(CCC(C4CCC(CCCC)CC4)CC2)[C@@H]3F)CC1. The van der Waals surface area contributed by atoms with Gasteiger partial charge < -0.3 is 0 Å². The number of halogens is 1. The number of alkyl halides is 1. The van der Waals surface area contributed by atoms with E-state index in [4.69, 9.17) is 0 Å². The molecule has 5 rings (SSSR count). The van der Waals surface area contributed by atoms with Crippen molar-refractivity contribution in [1.29, 1.82) is 0 Å². The van der Waals surface area contributed by atoms with Crippen molar-refractivity contribution in [1.82, 2.24) is 0 Å². The van der Waals surface area contributed by atoms with E-state index in [2.05, 4.69) is 13.8 Å². The van der Waals surface area contributed by atoms with E-state index in [9.17, 15) is 4.79 Å². The summed E-state index contributed by atoms with van der Waals surface area (Å²) in [7, 11) is 0. The second-order valence-corrected chi connectivity index (χ2v) is 16.3. The molecule has 5 saturated carbocycles. The van der Waals surface area contributed by atoms with Crippen LogP contribution in [0.2, 0.25) is 0 Å². The molecule has 0 aromatic carbocycles. The lowest BCUT2D eigenvalue weighted by Gasteiger charge is -2.62. The molecule has 0 aromatic rings. The minimum absolute atomic E-state index is 0.385. The monoisotopic (exact) mass is 571 g/mol. The second kappa shape index (κ2) is 15.1. The van der Waals surface area contributed by atoms with Crippen molar-refractivity contribution < 1.29 is 9.18 Å². The first-order valence-electron chi connectivity index (χ1n) is 19.2. The maximum Gasteiger partial charge on any atom is 0.151 e. The minimum Gasteiger partial charge on any atom is -0.298 e. The molecule has 0 bridgehead atoms. The van der Waals surface area contributed by atoms with Crippen LogP contribution in [0.15, 0.2) is 0 Å². The summed E-state index contributed by atoms with van der Waals surface area (Å²) in [5.41, 5.74) is -1.15. The Kier molecular flexibility index (Phi) is 11.8. The van der Waals surface area contributed by atoms with Crippen LogP contribution in [0.25, 0.3) is 0 Å². The Morgan fingerprint density at radius 2 is 0.878 bits per heavy atom. The van der Waals surface area contributed by atoms with Crippen LogP contribution in [-0.2, 0) is 4.79 Å². The molecule has 0 saturated heterocycles. The first-order chi connectivity index (χ1) is 20.0. The summed E-state index contributed by atoms with van der Waals surface area (Å²) in [4.78, 5) is 13.8. The van der Waals surface area contributed by atoms with Gasteiger partial charge in [0.2, 0.25) is 0 Å². The van der Waals surface area contributed by atoms with E-state index in [1.54, 1.807) is 0 Å². The van der Waals surface area contributed by atoms with E-state index in [0.29, 0.717) is 5.78 Å². The molecule has 0 unspecified atom stereocenters. The zero-order chi connectivity index (χ0) is 28.7. The molecule has 5 aliphatic rings. The van der Waals surface area contributed by atoms with Crippen molar-refractivity contribution in [3.63, 3.8) is 0 Å². The maximum atomic E-state index is 16.2. The molecule has 0 radical (unpaired) electrons. The lowest BCUT2D eigenvalue weighted by molar-refractivity contribution is -0.194. The highest BCUT2D eigenvalue weighted by molar-refractivity contribution is 5.98. The summed E-state index contributed by atoms with van der Waals surface area (Å²) in [5.74, 6) is 5.55. The average Bonchev–Trinajstić information content (AvgIpc) is 3.03. The molecule has 2 spiro atoms. The molecule has 2 heteroatoms. The molecule has 1 atom stereocenters. The third kappa shape index (κ3) is 7.13. The van der Waals surface area contributed by atoms with E-state index in [1.165, 1.54) is 122 Å². The van der Waals surface area contributed by atoms with Gasteiger partial charge in [-0.2, -0.15) is 0 Å². The van der Waals surface area contributed by atoms with Crippen molar-refractivity contribution in [2.75, 3.05) is 0 Å². The Balaban J connectivity index is 0.993. The van der Waals surface area contributed by atoms with Crippen LogP contribution in [0.3, 0.4) is 0 Å². The standard InChI is InChI=1S/C39H67FO/c1-3-5-7-8-9-10-11-13-31-16-20-33(21-17-31)35-24-28-39(29-25-35)36(40)38(37(39)41)26-22-34(23-27-38)32-18-14-30(15-19-32)12-6-4-2/h30-36H,3-29H2,1-2H3/t30?,31?,32?,33?,34?,35?,36-,38?,39?/m0/s1. The smallest absolute Gasteiger partial charge is 0.151 e. The fourth-order valence-electron chi connectivity index (χ4n) is 11.2. The Bertz CT molecular complexity index is 771. The summed E-state index contributed by atoms with van der Waals surface area (Å²) in [6.07, 6.45) is 33.9. The third-order valence-electron chi connectivity index (χ3n) is 14.0. The molecular formula is C39H67FO. The van der Waals surface area contributed by atoms with E-state index in [0.717, 1.165) is 86.9 Å². The van der Waals surface area contributed by atoms with Gasteiger partial charge in [0.1, 0.15) is 6.17 Å². The summed E-state index contributed by atoms with van der Waals surface area (Å²) < 4.78 is 16.2. The van der Waals surface area contributed by atoms with Crippen molar-refractivity contribution in [2.24, 2.45) is 46.3 Å². The highest BCUT2D eigenvalue weighted by Crippen LogP contribution is 2.66. The number of rotatable bonds is 13. The fraction of sp³-hybridized carbons (Fsp3) is 0.974. The summed E-state index contributed by atoms with van der Waals surface area (Å²) >= 11 is 0. The Hall–Kier alpha value is -0.400. The highest BCUT2D eigenvalue weighted by atomic mass is 19.1. The van der Waals surface area contributed by atoms with Crippen molar-refractivity contribution in [3.05, 3.63) is 0 Å². The maximum absolute atomic E-state index is 16.2. The molecule has 1 nitrogen and oxygen atoms in total. The predicted molar refractivity (Wildman–Crippen MR) is 172 cm³/mol. The van der Waals surface area contributed by atoms with Gasteiger partial charge in [-0.25, -0.2) is 4.39 Å². The second-order valence-electron chi connectivity index (χ2n) is 16.3. The van der Waals surface area contributed by atoms with Crippen LogP contribution < -0.4 is 0 Å². The topological polar surface area (TPSA) is 17.1 Å². The zero-order valence-electron chi connectivity index (χ0n) is 27.4. The number of hydrogen-bond acceptors (Lipinski definition) is 1. The Morgan fingerprint density at radius 1 is 0.512 bits per heavy atom.